The Hall–Kier alpha value is -0.870. The van der Waals surface area contributed by atoms with Gasteiger partial charge in [0.25, 0.3) is 5.92 Å². The molecule has 0 unspecified atom stereocenters. The van der Waals surface area contributed by atoms with E-state index < -0.39 is 24.3 Å². The Labute approximate surface area is 90.7 Å². The smallest absolute Gasteiger partial charge is 0.252 e. The van der Waals surface area contributed by atoms with Crippen molar-refractivity contribution in [1.82, 2.24) is 0 Å². The molecule has 0 radical (unpaired) electrons. The van der Waals surface area contributed by atoms with Crippen molar-refractivity contribution in [2.75, 3.05) is 0 Å². The number of rotatable bonds is 1. The lowest BCUT2D eigenvalue weighted by Gasteiger charge is -2.45. The molecule has 2 rings (SSSR count). The average molecular weight is 234 g/mol. The number of nitrogens with two attached hydrogens (primary N) is 1. The minimum atomic E-state index is -2.73. The van der Waals surface area contributed by atoms with Crippen molar-refractivity contribution in [3.8, 4) is 5.75 Å². The molecule has 0 aliphatic heterocycles. The van der Waals surface area contributed by atoms with Crippen molar-refractivity contribution >= 4 is 11.6 Å². The van der Waals surface area contributed by atoms with Crippen molar-refractivity contribution in [3.05, 3.63) is 28.8 Å². The first kappa shape index (κ1) is 10.6. The summed E-state index contributed by atoms with van der Waals surface area (Å²) >= 11 is 5.68. The standard InChI is InChI=1S/C10H10ClF2NO/c11-7-3-1-2-6(8(7)15)9(14)4-10(12,13)5-9/h1-3,15H,4-5,14H2. The largest absolute Gasteiger partial charge is 0.506 e. The topological polar surface area (TPSA) is 46.2 Å². The third-order valence-electron chi connectivity index (χ3n) is 2.67. The number of phenols is 1. The first-order chi connectivity index (χ1) is 6.84. The maximum absolute atomic E-state index is 12.8. The fraction of sp³-hybridized carbons (Fsp3) is 0.400. The second-order valence-electron chi connectivity index (χ2n) is 4.00. The van der Waals surface area contributed by atoms with E-state index in [-0.39, 0.29) is 10.8 Å². The highest BCUT2D eigenvalue weighted by Gasteiger charge is 2.56. The summed E-state index contributed by atoms with van der Waals surface area (Å²) in [5.74, 6) is -2.93. The zero-order valence-electron chi connectivity index (χ0n) is 7.80. The molecule has 0 heterocycles. The highest BCUT2D eigenvalue weighted by Crippen LogP contribution is 2.52. The molecule has 0 atom stereocenters. The van der Waals surface area contributed by atoms with Gasteiger partial charge in [-0.1, -0.05) is 23.7 Å². The Morgan fingerprint density at radius 2 is 1.93 bits per heavy atom. The molecule has 1 saturated carbocycles. The lowest BCUT2D eigenvalue weighted by Crippen LogP contribution is -2.55. The molecule has 3 N–H and O–H groups in total. The SMILES string of the molecule is NC1(c2cccc(Cl)c2O)CC(F)(F)C1. The van der Waals surface area contributed by atoms with Crippen LogP contribution >= 0.6 is 11.6 Å². The van der Waals surface area contributed by atoms with Gasteiger partial charge in [-0.2, -0.15) is 0 Å². The second kappa shape index (κ2) is 3.06. The summed E-state index contributed by atoms with van der Waals surface area (Å²) in [5.41, 5.74) is 4.91. The van der Waals surface area contributed by atoms with E-state index in [0.29, 0.717) is 5.56 Å². The molecule has 15 heavy (non-hydrogen) atoms. The molecular formula is C10H10ClF2NO. The fourth-order valence-corrected chi connectivity index (χ4v) is 2.15. The van der Waals surface area contributed by atoms with Gasteiger partial charge in [-0.05, 0) is 6.07 Å². The quantitative estimate of drug-likeness (QED) is 0.783. The second-order valence-corrected chi connectivity index (χ2v) is 4.41. The van der Waals surface area contributed by atoms with Crippen LogP contribution < -0.4 is 5.73 Å². The Bertz CT molecular complexity index is 400. The van der Waals surface area contributed by atoms with E-state index in [1.54, 1.807) is 6.07 Å². The van der Waals surface area contributed by atoms with Crippen molar-refractivity contribution < 1.29 is 13.9 Å². The summed E-state index contributed by atoms with van der Waals surface area (Å²) in [7, 11) is 0. The predicted molar refractivity (Wildman–Crippen MR) is 53.2 cm³/mol. The van der Waals surface area contributed by atoms with Gasteiger partial charge in [0, 0.05) is 18.4 Å². The molecule has 1 aromatic rings. The van der Waals surface area contributed by atoms with Crippen LogP contribution in [0.1, 0.15) is 18.4 Å². The van der Waals surface area contributed by atoms with E-state index in [4.69, 9.17) is 17.3 Å². The molecule has 1 aliphatic carbocycles. The highest BCUT2D eigenvalue weighted by atomic mass is 35.5. The maximum atomic E-state index is 12.8. The Balaban J connectivity index is 2.36. The van der Waals surface area contributed by atoms with Gasteiger partial charge >= 0.3 is 0 Å². The Morgan fingerprint density at radius 3 is 2.47 bits per heavy atom. The molecular weight excluding hydrogens is 224 g/mol. The number of phenolic OH excluding ortho intramolecular Hbond substituents is 1. The van der Waals surface area contributed by atoms with Crippen LogP contribution in [0, 0.1) is 0 Å². The third kappa shape index (κ3) is 1.68. The van der Waals surface area contributed by atoms with E-state index in [2.05, 4.69) is 0 Å². The van der Waals surface area contributed by atoms with Crippen LogP contribution in [0.5, 0.6) is 5.75 Å². The molecule has 1 aliphatic rings. The molecule has 1 fully saturated rings. The number of para-hydroxylation sites is 1. The van der Waals surface area contributed by atoms with Gasteiger partial charge in [-0.15, -0.1) is 0 Å². The Morgan fingerprint density at radius 1 is 1.33 bits per heavy atom. The zero-order chi connectivity index (χ0) is 11.3. The van der Waals surface area contributed by atoms with Gasteiger partial charge < -0.3 is 10.8 Å². The fourth-order valence-electron chi connectivity index (χ4n) is 1.98. The van der Waals surface area contributed by atoms with Gasteiger partial charge in [0.1, 0.15) is 5.75 Å². The van der Waals surface area contributed by atoms with Gasteiger partial charge in [0.15, 0.2) is 0 Å². The molecule has 0 amide bonds. The van der Waals surface area contributed by atoms with E-state index in [1.165, 1.54) is 12.1 Å². The number of hydrogen-bond acceptors (Lipinski definition) is 2. The van der Waals surface area contributed by atoms with E-state index in [9.17, 15) is 13.9 Å². The van der Waals surface area contributed by atoms with Gasteiger partial charge in [0.2, 0.25) is 0 Å². The minimum absolute atomic E-state index is 0.132. The Kier molecular flexibility index (Phi) is 2.17. The molecule has 82 valence electrons. The molecule has 5 heteroatoms. The maximum Gasteiger partial charge on any atom is 0.252 e. The number of benzene rings is 1. The van der Waals surface area contributed by atoms with Crippen LogP contribution in [0.25, 0.3) is 0 Å². The molecule has 0 aromatic heterocycles. The van der Waals surface area contributed by atoms with Crippen LogP contribution in [-0.4, -0.2) is 11.0 Å². The van der Waals surface area contributed by atoms with E-state index in [0.717, 1.165) is 0 Å². The molecule has 2 nitrogen and oxygen atoms in total. The van der Waals surface area contributed by atoms with Gasteiger partial charge in [0.05, 0.1) is 10.6 Å². The summed E-state index contributed by atoms with van der Waals surface area (Å²) in [4.78, 5) is 0. The van der Waals surface area contributed by atoms with Crippen LogP contribution in [0.2, 0.25) is 5.02 Å². The van der Waals surface area contributed by atoms with Crippen molar-refractivity contribution in [2.24, 2.45) is 5.73 Å². The average Bonchev–Trinajstić information content (AvgIpc) is 2.05. The first-order valence-electron chi connectivity index (χ1n) is 4.49. The molecule has 1 aromatic carbocycles. The monoisotopic (exact) mass is 233 g/mol. The molecule has 0 bridgehead atoms. The van der Waals surface area contributed by atoms with Crippen LogP contribution in [0.15, 0.2) is 18.2 Å². The van der Waals surface area contributed by atoms with E-state index >= 15 is 0 Å². The van der Waals surface area contributed by atoms with Crippen molar-refractivity contribution in [1.29, 1.82) is 0 Å². The van der Waals surface area contributed by atoms with Gasteiger partial charge in [-0.25, -0.2) is 8.78 Å². The van der Waals surface area contributed by atoms with Crippen molar-refractivity contribution in [2.45, 2.75) is 24.3 Å². The van der Waals surface area contributed by atoms with Crippen LogP contribution in [0.4, 0.5) is 8.78 Å². The highest BCUT2D eigenvalue weighted by molar-refractivity contribution is 6.32. The minimum Gasteiger partial charge on any atom is -0.506 e. The van der Waals surface area contributed by atoms with Gasteiger partial charge in [-0.3, -0.25) is 0 Å². The molecule has 0 spiro atoms. The number of alkyl halides is 2. The summed E-state index contributed by atoms with van der Waals surface area (Å²) in [5, 5.41) is 9.74. The summed E-state index contributed by atoms with van der Waals surface area (Å²) in [6, 6.07) is 4.60. The van der Waals surface area contributed by atoms with Crippen LogP contribution in [0.3, 0.4) is 0 Å². The summed E-state index contributed by atoms with van der Waals surface area (Å²) < 4.78 is 25.5. The number of hydrogen-bond donors (Lipinski definition) is 2. The zero-order valence-corrected chi connectivity index (χ0v) is 8.56. The third-order valence-corrected chi connectivity index (χ3v) is 2.98. The van der Waals surface area contributed by atoms with Crippen molar-refractivity contribution in [3.63, 3.8) is 0 Å². The number of aromatic hydroxyl groups is 1. The lowest BCUT2D eigenvalue weighted by molar-refractivity contribution is -0.125. The first-order valence-corrected chi connectivity index (χ1v) is 4.87. The van der Waals surface area contributed by atoms with Crippen LogP contribution in [-0.2, 0) is 5.54 Å². The van der Waals surface area contributed by atoms with E-state index in [1.807, 2.05) is 0 Å². The molecule has 0 saturated heterocycles. The summed E-state index contributed by atoms with van der Waals surface area (Å²) in [6.45, 7) is 0. The predicted octanol–water partition coefficient (Wildman–Crippen LogP) is 2.63. The number of halogens is 3. The lowest BCUT2D eigenvalue weighted by atomic mass is 9.69. The normalized spacial score (nSPS) is 22.1. The summed E-state index contributed by atoms with van der Waals surface area (Å²) in [6.07, 6.45) is -0.901.